The van der Waals surface area contributed by atoms with E-state index in [-0.39, 0.29) is 6.04 Å². The molecule has 0 saturated heterocycles. The third-order valence-corrected chi connectivity index (χ3v) is 2.43. The summed E-state index contributed by atoms with van der Waals surface area (Å²) in [6.45, 7) is 2.46. The van der Waals surface area contributed by atoms with E-state index in [4.69, 9.17) is 5.73 Å². The molecular formula is C11H16F3N3. The zero-order chi connectivity index (χ0) is 12.9. The molecule has 1 unspecified atom stereocenters. The van der Waals surface area contributed by atoms with Crippen LogP contribution in [0.15, 0.2) is 18.3 Å². The predicted octanol–water partition coefficient (Wildman–Crippen LogP) is 2.64. The Morgan fingerprint density at radius 1 is 1.47 bits per heavy atom. The average Bonchev–Trinajstić information content (AvgIpc) is 2.28. The van der Waals surface area contributed by atoms with Crippen LogP contribution in [0, 0.1) is 0 Å². The maximum atomic E-state index is 12.4. The van der Waals surface area contributed by atoms with Crippen molar-refractivity contribution in [3.63, 3.8) is 0 Å². The minimum Gasteiger partial charge on any atom is -0.382 e. The molecule has 0 aliphatic rings. The summed E-state index contributed by atoms with van der Waals surface area (Å²) in [5.41, 5.74) is 4.97. The second kappa shape index (κ2) is 5.86. The van der Waals surface area contributed by atoms with Gasteiger partial charge in [-0.2, -0.15) is 13.2 Å². The summed E-state index contributed by atoms with van der Waals surface area (Å²) in [4.78, 5) is 3.30. The molecule has 1 heterocycles. The van der Waals surface area contributed by atoms with Crippen molar-refractivity contribution in [3.05, 3.63) is 24.0 Å². The van der Waals surface area contributed by atoms with Gasteiger partial charge in [-0.1, -0.05) is 6.92 Å². The van der Waals surface area contributed by atoms with Crippen molar-refractivity contribution in [1.29, 1.82) is 0 Å². The molecule has 96 valence electrons. The highest BCUT2D eigenvalue weighted by Crippen LogP contribution is 2.29. The molecule has 0 radical (unpaired) electrons. The maximum absolute atomic E-state index is 12.4. The number of hydrogen-bond acceptors (Lipinski definition) is 3. The molecule has 0 fully saturated rings. The van der Waals surface area contributed by atoms with Crippen LogP contribution in [0.5, 0.6) is 0 Å². The minimum absolute atomic E-state index is 0.0866. The van der Waals surface area contributed by atoms with Crippen molar-refractivity contribution < 1.29 is 13.2 Å². The number of rotatable bonds is 5. The minimum atomic E-state index is -4.41. The lowest BCUT2D eigenvalue weighted by atomic mass is 10.1. The third-order valence-electron chi connectivity index (χ3n) is 2.43. The Balaban J connectivity index is 2.78. The molecule has 1 rings (SSSR count). The van der Waals surface area contributed by atoms with Crippen LogP contribution >= 0.6 is 0 Å². The molecule has 6 heteroatoms. The highest BCUT2D eigenvalue weighted by atomic mass is 19.4. The molecule has 3 nitrogen and oxygen atoms in total. The van der Waals surface area contributed by atoms with Crippen molar-refractivity contribution in [2.24, 2.45) is 5.73 Å². The summed E-state index contributed by atoms with van der Waals surface area (Å²) < 4.78 is 37.3. The third kappa shape index (κ3) is 4.22. The van der Waals surface area contributed by atoms with E-state index >= 15 is 0 Å². The van der Waals surface area contributed by atoms with Gasteiger partial charge in [-0.05, 0) is 31.5 Å². The van der Waals surface area contributed by atoms with Crippen LogP contribution in [-0.2, 0) is 6.18 Å². The number of nitrogens with one attached hydrogen (secondary N) is 1. The van der Waals surface area contributed by atoms with Gasteiger partial charge in [0.1, 0.15) is 5.69 Å². The van der Waals surface area contributed by atoms with E-state index < -0.39 is 11.9 Å². The van der Waals surface area contributed by atoms with Gasteiger partial charge in [0.25, 0.3) is 0 Å². The van der Waals surface area contributed by atoms with Gasteiger partial charge in [0.05, 0.1) is 0 Å². The number of nitrogens with two attached hydrogens (primary N) is 1. The van der Waals surface area contributed by atoms with E-state index in [1.807, 2.05) is 6.92 Å². The smallest absolute Gasteiger partial charge is 0.382 e. The molecule has 0 bridgehead atoms. The van der Waals surface area contributed by atoms with Crippen LogP contribution in [0.25, 0.3) is 0 Å². The van der Waals surface area contributed by atoms with Crippen LogP contribution in [0.1, 0.15) is 25.5 Å². The van der Waals surface area contributed by atoms with Crippen LogP contribution < -0.4 is 11.1 Å². The molecular weight excluding hydrogens is 231 g/mol. The summed E-state index contributed by atoms with van der Waals surface area (Å²) in [7, 11) is 0. The van der Waals surface area contributed by atoms with E-state index in [0.29, 0.717) is 12.2 Å². The molecule has 1 aromatic heterocycles. The molecule has 1 atom stereocenters. The van der Waals surface area contributed by atoms with Crippen molar-refractivity contribution in [2.75, 3.05) is 11.9 Å². The molecule has 0 spiro atoms. The quantitative estimate of drug-likeness (QED) is 0.841. The Labute approximate surface area is 98.2 Å². The number of aromatic nitrogens is 1. The highest BCUT2D eigenvalue weighted by Gasteiger charge is 2.32. The van der Waals surface area contributed by atoms with Crippen molar-refractivity contribution in [2.45, 2.75) is 32.0 Å². The Morgan fingerprint density at radius 3 is 2.71 bits per heavy atom. The predicted molar refractivity (Wildman–Crippen MR) is 60.6 cm³/mol. The van der Waals surface area contributed by atoms with Crippen molar-refractivity contribution >= 4 is 5.69 Å². The Kier molecular flexibility index (Phi) is 4.74. The van der Waals surface area contributed by atoms with Gasteiger partial charge in [-0.25, -0.2) is 0 Å². The van der Waals surface area contributed by atoms with Crippen LogP contribution in [0.3, 0.4) is 0 Å². The molecule has 0 aromatic carbocycles. The van der Waals surface area contributed by atoms with Gasteiger partial charge in [0.2, 0.25) is 0 Å². The van der Waals surface area contributed by atoms with E-state index in [9.17, 15) is 13.2 Å². The Morgan fingerprint density at radius 2 is 2.18 bits per heavy atom. The standard InChI is InChI=1S/C11H16F3N3/c1-2-8(3-5-15)17-9-4-6-16-10(7-9)11(12,13)14/h4,6-8H,2-3,5,15H2,1H3,(H,16,17). The first-order valence-electron chi connectivity index (χ1n) is 5.47. The van der Waals surface area contributed by atoms with Crippen molar-refractivity contribution in [1.82, 2.24) is 4.98 Å². The van der Waals surface area contributed by atoms with Gasteiger partial charge < -0.3 is 11.1 Å². The van der Waals surface area contributed by atoms with Crippen LogP contribution in [0.4, 0.5) is 18.9 Å². The lowest BCUT2D eigenvalue weighted by Crippen LogP contribution is -2.22. The monoisotopic (exact) mass is 247 g/mol. The molecule has 1 aromatic rings. The van der Waals surface area contributed by atoms with Gasteiger partial charge in [-0.15, -0.1) is 0 Å². The molecule has 17 heavy (non-hydrogen) atoms. The number of nitrogens with zero attached hydrogens (tertiary/aromatic N) is 1. The Bertz CT molecular complexity index is 352. The number of hydrogen-bond donors (Lipinski definition) is 2. The molecule has 0 aliphatic heterocycles. The fourth-order valence-electron chi connectivity index (χ4n) is 1.49. The molecule has 0 aliphatic carbocycles. The first-order valence-corrected chi connectivity index (χ1v) is 5.47. The van der Waals surface area contributed by atoms with Crippen LogP contribution in [0.2, 0.25) is 0 Å². The number of alkyl halides is 3. The average molecular weight is 247 g/mol. The lowest BCUT2D eigenvalue weighted by Gasteiger charge is -2.18. The molecule has 0 amide bonds. The topological polar surface area (TPSA) is 50.9 Å². The summed E-state index contributed by atoms with van der Waals surface area (Å²) in [6.07, 6.45) is -1.73. The van der Waals surface area contributed by atoms with E-state index in [2.05, 4.69) is 10.3 Å². The summed E-state index contributed by atoms with van der Waals surface area (Å²) in [5.74, 6) is 0. The van der Waals surface area contributed by atoms with Gasteiger partial charge in [0.15, 0.2) is 0 Å². The zero-order valence-electron chi connectivity index (χ0n) is 9.59. The first-order chi connectivity index (χ1) is 7.97. The summed E-state index contributed by atoms with van der Waals surface area (Å²) in [5, 5.41) is 3.02. The van der Waals surface area contributed by atoms with Gasteiger partial charge in [-0.3, -0.25) is 4.98 Å². The second-order valence-electron chi connectivity index (χ2n) is 3.75. The molecule has 3 N–H and O–H groups in total. The molecule has 0 saturated carbocycles. The SMILES string of the molecule is CCC(CCN)Nc1ccnc(C(F)(F)F)c1. The normalized spacial score (nSPS) is 13.5. The van der Waals surface area contributed by atoms with E-state index in [1.54, 1.807) is 0 Å². The van der Waals surface area contributed by atoms with Crippen molar-refractivity contribution in [3.8, 4) is 0 Å². The van der Waals surface area contributed by atoms with E-state index in [0.717, 1.165) is 25.1 Å². The summed E-state index contributed by atoms with van der Waals surface area (Å²) in [6, 6.07) is 2.62. The highest BCUT2D eigenvalue weighted by molar-refractivity contribution is 5.44. The second-order valence-corrected chi connectivity index (χ2v) is 3.75. The number of anilines is 1. The fraction of sp³-hybridized carbons (Fsp3) is 0.545. The first kappa shape index (κ1) is 13.8. The summed E-state index contributed by atoms with van der Waals surface area (Å²) >= 11 is 0. The van der Waals surface area contributed by atoms with Gasteiger partial charge in [0, 0.05) is 17.9 Å². The zero-order valence-corrected chi connectivity index (χ0v) is 9.59. The number of halogens is 3. The van der Waals surface area contributed by atoms with E-state index in [1.165, 1.54) is 6.07 Å². The lowest BCUT2D eigenvalue weighted by molar-refractivity contribution is -0.141. The maximum Gasteiger partial charge on any atom is 0.433 e. The fourth-order valence-corrected chi connectivity index (χ4v) is 1.49. The van der Waals surface area contributed by atoms with Crippen LogP contribution in [-0.4, -0.2) is 17.6 Å². The Hall–Kier alpha value is -1.30. The number of pyridine rings is 1. The largest absolute Gasteiger partial charge is 0.433 e. The van der Waals surface area contributed by atoms with Gasteiger partial charge >= 0.3 is 6.18 Å².